The van der Waals surface area contributed by atoms with Crippen LogP contribution in [-0.2, 0) is 19.7 Å². The molecule has 1 aliphatic heterocycles. The van der Waals surface area contributed by atoms with Gasteiger partial charge in [-0.05, 0) is 35.6 Å². The number of Topliss-reactive ketones (excluding diaryl/α,β-unsaturated/α-hetero) is 1. The summed E-state index contributed by atoms with van der Waals surface area (Å²) < 4.78 is 10.6. The van der Waals surface area contributed by atoms with E-state index in [-0.39, 0.29) is 16.7 Å². The molecule has 0 spiro atoms. The van der Waals surface area contributed by atoms with Gasteiger partial charge in [0.1, 0.15) is 11.5 Å². The number of benzene rings is 2. The first-order valence-electron chi connectivity index (χ1n) is 10.7. The van der Waals surface area contributed by atoms with Crippen LogP contribution in [-0.4, -0.2) is 49.1 Å². The molecule has 3 rings (SSSR count). The number of likely N-dealkylation sites (tertiary alicyclic amines) is 1. The molecule has 0 aliphatic carbocycles. The van der Waals surface area contributed by atoms with E-state index in [1.807, 2.05) is 57.2 Å². The first-order valence-corrected chi connectivity index (χ1v) is 10.7. The Morgan fingerprint density at radius 3 is 2.34 bits per heavy atom. The number of methoxy groups -OCH3 is 2. The monoisotopic (exact) mass is 437 g/mol. The van der Waals surface area contributed by atoms with Crippen LogP contribution in [0.1, 0.15) is 49.9 Å². The summed E-state index contributed by atoms with van der Waals surface area (Å²) in [5.41, 5.74) is 2.01. The molecule has 1 N–H and O–H groups in total. The fourth-order valence-corrected chi connectivity index (χ4v) is 4.07. The Kier molecular flexibility index (Phi) is 7.04. The van der Waals surface area contributed by atoms with Gasteiger partial charge in [-0.1, -0.05) is 51.1 Å². The Morgan fingerprint density at radius 1 is 1.06 bits per heavy atom. The maximum Gasteiger partial charge on any atom is 0.295 e. The molecule has 170 valence electrons. The fraction of sp³-hybridized carbons (Fsp3) is 0.385. The minimum atomic E-state index is -0.679. The second kappa shape index (κ2) is 9.57. The van der Waals surface area contributed by atoms with E-state index in [4.69, 9.17) is 9.47 Å². The zero-order chi connectivity index (χ0) is 23.5. The number of hydrogen-bond donors (Lipinski definition) is 1. The maximum absolute atomic E-state index is 13.1. The van der Waals surface area contributed by atoms with Gasteiger partial charge < -0.3 is 19.5 Å². The van der Waals surface area contributed by atoms with Gasteiger partial charge in [0.15, 0.2) is 0 Å². The molecular weight excluding hydrogens is 406 g/mol. The third-order valence-corrected chi connectivity index (χ3v) is 5.68. The first kappa shape index (κ1) is 23.5. The van der Waals surface area contributed by atoms with Gasteiger partial charge in [0.2, 0.25) is 0 Å². The van der Waals surface area contributed by atoms with Crippen molar-refractivity contribution in [3.8, 4) is 5.75 Å². The number of aliphatic hydroxyl groups is 1. The van der Waals surface area contributed by atoms with Crippen LogP contribution >= 0.6 is 0 Å². The van der Waals surface area contributed by atoms with Crippen molar-refractivity contribution in [2.24, 2.45) is 0 Å². The van der Waals surface area contributed by atoms with E-state index in [0.717, 1.165) is 11.1 Å². The van der Waals surface area contributed by atoms with E-state index in [1.54, 1.807) is 26.4 Å². The minimum Gasteiger partial charge on any atom is -0.507 e. The number of nitrogens with zero attached hydrogens (tertiary/aromatic N) is 1. The number of aliphatic hydroxyl groups excluding tert-OH is 1. The van der Waals surface area contributed by atoms with Gasteiger partial charge in [-0.15, -0.1) is 0 Å². The number of ether oxygens (including phenoxy) is 2. The van der Waals surface area contributed by atoms with E-state index < -0.39 is 17.7 Å². The lowest BCUT2D eigenvalue weighted by molar-refractivity contribution is -0.140. The summed E-state index contributed by atoms with van der Waals surface area (Å²) in [6.07, 6.45) is 0.587. The van der Waals surface area contributed by atoms with Crippen molar-refractivity contribution < 1.29 is 24.2 Å². The Labute approximate surface area is 189 Å². The molecule has 0 radical (unpaired) electrons. The van der Waals surface area contributed by atoms with E-state index in [9.17, 15) is 14.7 Å². The Morgan fingerprint density at radius 2 is 1.75 bits per heavy atom. The lowest BCUT2D eigenvalue weighted by Gasteiger charge is -2.26. The summed E-state index contributed by atoms with van der Waals surface area (Å²) >= 11 is 0. The van der Waals surface area contributed by atoms with Gasteiger partial charge in [0.05, 0.1) is 18.7 Å². The second-order valence-corrected chi connectivity index (χ2v) is 8.91. The molecule has 6 heteroatoms. The normalized spacial score (nSPS) is 18.3. The number of carbonyl (C=O) groups is 2. The predicted octanol–water partition coefficient (Wildman–Crippen LogP) is 4.45. The predicted molar refractivity (Wildman–Crippen MR) is 124 cm³/mol. The van der Waals surface area contributed by atoms with E-state index in [0.29, 0.717) is 30.9 Å². The molecule has 1 unspecified atom stereocenters. The standard InChI is InChI=1S/C26H31NO5/c1-26(2,3)19-16-18(12-13-20(19)32-5)23(28)21-22(17-10-7-6-8-11-17)27(14-9-15-31-4)25(30)24(21)29/h6-8,10-13,16,22,28H,9,14-15H2,1-5H3/b23-21-. The van der Waals surface area contributed by atoms with Crippen LogP contribution in [0.4, 0.5) is 0 Å². The average Bonchev–Trinajstić information content (AvgIpc) is 3.03. The van der Waals surface area contributed by atoms with Crippen molar-refractivity contribution in [3.63, 3.8) is 0 Å². The highest BCUT2D eigenvalue weighted by atomic mass is 16.5. The molecule has 0 saturated carbocycles. The van der Waals surface area contributed by atoms with Crippen molar-refractivity contribution in [1.29, 1.82) is 0 Å². The summed E-state index contributed by atoms with van der Waals surface area (Å²) in [5.74, 6) is -0.767. The van der Waals surface area contributed by atoms with Crippen molar-refractivity contribution in [2.75, 3.05) is 27.4 Å². The summed E-state index contributed by atoms with van der Waals surface area (Å²) in [6, 6.07) is 14.0. The van der Waals surface area contributed by atoms with Gasteiger partial charge in [-0.25, -0.2) is 0 Å². The van der Waals surface area contributed by atoms with E-state index in [1.165, 1.54) is 4.90 Å². The van der Waals surface area contributed by atoms with Crippen LogP contribution in [0.15, 0.2) is 54.1 Å². The largest absolute Gasteiger partial charge is 0.507 e. The second-order valence-electron chi connectivity index (χ2n) is 8.91. The van der Waals surface area contributed by atoms with Crippen LogP contribution in [0.25, 0.3) is 5.76 Å². The number of rotatable bonds is 7. The van der Waals surface area contributed by atoms with Crippen molar-refractivity contribution in [2.45, 2.75) is 38.6 Å². The molecular formula is C26H31NO5. The molecule has 1 fully saturated rings. The topological polar surface area (TPSA) is 76.1 Å². The summed E-state index contributed by atoms with van der Waals surface area (Å²) in [6.45, 7) is 6.97. The van der Waals surface area contributed by atoms with E-state index >= 15 is 0 Å². The minimum absolute atomic E-state index is 0.101. The van der Waals surface area contributed by atoms with Crippen LogP contribution < -0.4 is 4.74 Å². The molecule has 2 aromatic rings. The summed E-state index contributed by atoms with van der Waals surface area (Å²) in [4.78, 5) is 27.5. The van der Waals surface area contributed by atoms with Crippen molar-refractivity contribution >= 4 is 17.4 Å². The van der Waals surface area contributed by atoms with Crippen molar-refractivity contribution in [1.82, 2.24) is 4.90 Å². The van der Waals surface area contributed by atoms with Gasteiger partial charge in [-0.2, -0.15) is 0 Å². The first-order chi connectivity index (χ1) is 15.2. The average molecular weight is 438 g/mol. The Balaban J connectivity index is 2.16. The maximum atomic E-state index is 13.1. The molecule has 1 heterocycles. The number of amides is 1. The molecule has 0 bridgehead atoms. The lowest BCUT2D eigenvalue weighted by atomic mass is 9.84. The lowest BCUT2D eigenvalue weighted by Crippen LogP contribution is -2.31. The van der Waals surface area contributed by atoms with Gasteiger partial charge in [0.25, 0.3) is 11.7 Å². The molecule has 6 nitrogen and oxygen atoms in total. The number of ketones is 1. The van der Waals surface area contributed by atoms with Gasteiger partial charge in [-0.3, -0.25) is 9.59 Å². The highest BCUT2D eigenvalue weighted by molar-refractivity contribution is 6.46. The van der Waals surface area contributed by atoms with Crippen LogP contribution in [0, 0.1) is 0 Å². The summed E-state index contributed by atoms with van der Waals surface area (Å²) in [5, 5.41) is 11.3. The summed E-state index contributed by atoms with van der Waals surface area (Å²) in [7, 11) is 3.20. The fourth-order valence-electron chi connectivity index (χ4n) is 4.07. The molecule has 32 heavy (non-hydrogen) atoms. The molecule has 0 aromatic heterocycles. The molecule has 1 amide bonds. The molecule has 1 aliphatic rings. The zero-order valence-corrected chi connectivity index (χ0v) is 19.3. The van der Waals surface area contributed by atoms with Crippen LogP contribution in [0.3, 0.4) is 0 Å². The highest BCUT2D eigenvalue weighted by Crippen LogP contribution is 2.41. The van der Waals surface area contributed by atoms with Gasteiger partial charge >= 0.3 is 0 Å². The third kappa shape index (κ3) is 4.55. The number of hydrogen-bond acceptors (Lipinski definition) is 5. The van der Waals surface area contributed by atoms with Gasteiger partial charge in [0, 0.05) is 31.4 Å². The molecule has 1 atom stereocenters. The van der Waals surface area contributed by atoms with Crippen LogP contribution in [0.2, 0.25) is 0 Å². The Bertz CT molecular complexity index is 1020. The van der Waals surface area contributed by atoms with Crippen molar-refractivity contribution in [3.05, 3.63) is 70.8 Å². The van der Waals surface area contributed by atoms with E-state index in [2.05, 4.69) is 0 Å². The quantitative estimate of drug-likeness (QED) is 0.300. The number of carbonyl (C=O) groups excluding carboxylic acids is 2. The smallest absolute Gasteiger partial charge is 0.295 e. The Hall–Kier alpha value is -3.12. The SMILES string of the molecule is COCCCN1C(=O)C(=O)/C(=C(\O)c2ccc(OC)c(C(C)(C)C)c2)C1c1ccccc1. The third-order valence-electron chi connectivity index (χ3n) is 5.68. The highest BCUT2D eigenvalue weighted by Gasteiger charge is 2.45. The zero-order valence-electron chi connectivity index (χ0n) is 19.3. The molecule has 2 aromatic carbocycles. The van der Waals surface area contributed by atoms with Crippen LogP contribution in [0.5, 0.6) is 5.75 Å². The molecule has 1 saturated heterocycles.